The molecule has 0 spiro atoms. The maximum atomic E-state index is 11.3. The Hall–Kier alpha value is -2.89. The number of aryl methyl sites for hydroxylation is 1. The van der Waals surface area contributed by atoms with E-state index in [0.717, 1.165) is 6.07 Å². The van der Waals surface area contributed by atoms with Gasteiger partial charge in [-0.2, -0.15) is 10.4 Å². The van der Waals surface area contributed by atoms with Crippen LogP contribution in [0.3, 0.4) is 0 Å². The van der Waals surface area contributed by atoms with Crippen molar-refractivity contribution in [1.82, 2.24) is 0 Å². The van der Waals surface area contributed by atoms with E-state index < -0.39 is 33.5 Å². The zero-order chi connectivity index (χ0) is 21.3. The second-order valence-electron chi connectivity index (χ2n) is 6.50. The molecule has 0 saturated heterocycles. The number of carbonyl (C=O) groups is 1. The van der Waals surface area contributed by atoms with Gasteiger partial charge in [0.2, 0.25) is 12.2 Å². The van der Waals surface area contributed by atoms with Crippen LogP contribution in [0.4, 0.5) is 11.4 Å². The zero-order valence-electron chi connectivity index (χ0n) is 15.2. The van der Waals surface area contributed by atoms with Crippen LogP contribution < -0.4 is 5.23 Å². The molecule has 0 amide bonds. The number of aliphatic carboxylic acids is 1. The molecule has 1 aromatic rings. The molecule has 1 unspecified atom stereocenters. The van der Waals surface area contributed by atoms with E-state index in [9.17, 15) is 40.5 Å². The molecule has 11 nitrogen and oxygen atoms in total. The molecule has 1 atom stereocenters. The van der Waals surface area contributed by atoms with Gasteiger partial charge in [-0.15, -0.1) is 0 Å². The van der Waals surface area contributed by atoms with E-state index in [1.54, 1.807) is 0 Å². The minimum Gasteiger partial charge on any atom is -0.481 e. The van der Waals surface area contributed by atoms with Crippen molar-refractivity contribution in [2.75, 3.05) is 6.54 Å². The van der Waals surface area contributed by atoms with E-state index in [4.69, 9.17) is 0 Å². The van der Waals surface area contributed by atoms with Crippen LogP contribution in [0.5, 0.6) is 0 Å². The molecule has 1 aromatic carbocycles. The largest absolute Gasteiger partial charge is 0.481 e. The molecule has 0 aliphatic heterocycles. The predicted molar refractivity (Wildman–Crippen MR) is 96.2 cm³/mol. The third-order valence-corrected chi connectivity index (χ3v) is 4.28. The Morgan fingerprint density at radius 2 is 1.86 bits per heavy atom. The second kappa shape index (κ2) is 11.1. The number of nitro benzene ring substituents is 1. The van der Waals surface area contributed by atoms with Gasteiger partial charge in [-0.25, -0.2) is 0 Å². The Bertz CT molecular complexity index is 735. The Morgan fingerprint density at radius 3 is 2.39 bits per heavy atom. The van der Waals surface area contributed by atoms with E-state index in [2.05, 4.69) is 6.58 Å². The lowest BCUT2D eigenvalue weighted by Crippen LogP contribution is -3.02. The highest BCUT2D eigenvalue weighted by molar-refractivity contribution is 5.70. The molecule has 0 aromatic heterocycles. The number of hydrogen-bond donors (Lipinski definition) is 4. The lowest BCUT2D eigenvalue weighted by atomic mass is 9.93. The molecular weight excluding hydrogens is 374 g/mol. The highest BCUT2D eigenvalue weighted by Crippen LogP contribution is 2.23. The molecule has 154 valence electrons. The van der Waals surface area contributed by atoms with Crippen LogP contribution >= 0.6 is 0 Å². The monoisotopic (exact) mass is 398 g/mol. The quantitative estimate of drug-likeness (QED) is 0.169. The summed E-state index contributed by atoms with van der Waals surface area (Å²) in [5, 5.41) is 48.1. The van der Waals surface area contributed by atoms with Crippen molar-refractivity contribution in [3.8, 4) is 0 Å². The number of nitro groups is 2. The van der Waals surface area contributed by atoms with Crippen LogP contribution in [0.1, 0.15) is 37.7 Å². The van der Waals surface area contributed by atoms with Gasteiger partial charge in [0.05, 0.1) is 16.9 Å². The number of non-ortho nitro benzene ring substituents is 1. The van der Waals surface area contributed by atoms with Gasteiger partial charge in [0.15, 0.2) is 0 Å². The molecule has 0 bridgehead atoms. The van der Waals surface area contributed by atoms with Crippen molar-refractivity contribution in [1.29, 1.82) is 0 Å². The number of carboxylic acid groups (broad SMARTS) is 1. The van der Waals surface area contributed by atoms with Crippen molar-refractivity contribution in [3.63, 3.8) is 0 Å². The average Bonchev–Trinajstić information content (AvgIpc) is 2.59. The molecule has 4 N–H and O–H groups in total. The highest BCUT2D eigenvalue weighted by atomic mass is 16.8. The predicted octanol–water partition coefficient (Wildman–Crippen LogP) is 1.92. The van der Waals surface area contributed by atoms with Crippen LogP contribution in [-0.2, 0) is 11.2 Å². The zero-order valence-corrected chi connectivity index (χ0v) is 15.2. The number of nitrogens with zero attached hydrogens (tertiary/aromatic N) is 2. The van der Waals surface area contributed by atoms with Gasteiger partial charge >= 0.3 is 5.97 Å². The van der Waals surface area contributed by atoms with Crippen LogP contribution in [-0.4, -0.2) is 37.9 Å². The fourth-order valence-corrected chi connectivity index (χ4v) is 2.90. The van der Waals surface area contributed by atoms with Gasteiger partial charge in [-0.1, -0.05) is 19.4 Å². The lowest BCUT2D eigenvalue weighted by molar-refractivity contribution is -1.19. The van der Waals surface area contributed by atoms with Gasteiger partial charge in [-0.3, -0.25) is 25.0 Å². The molecule has 0 heterocycles. The Labute approximate surface area is 160 Å². The normalized spacial score (nSPS) is 12.0. The molecule has 0 aliphatic rings. The van der Waals surface area contributed by atoms with Crippen LogP contribution in [0.2, 0.25) is 0 Å². The highest BCUT2D eigenvalue weighted by Gasteiger charge is 2.21. The topological polar surface area (TPSA) is 168 Å². The maximum Gasteiger partial charge on any atom is 0.306 e. The summed E-state index contributed by atoms with van der Waals surface area (Å²) < 4.78 is 0. The summed E-state index contributed by atoms with van der Waals surface area (Å²) in [4.78, 5) is 31.3. The number of quaternary nitrogens is 1. The Morgan fingerprint density at radius 1 is 1.18 bits per heavy atom. The number of carboxylic acids is 1. The second-order valence-corrected chi connectivity index (χ2v) is 6.50. The van der Waals surface area contributed by atoms with E-state index in [1.165, 1.54) is 12.1 Å². The average molecular weight is 398 g/mol. The van der Waals surface area contributed by atoms with E-state index in [-0.39, 0.29) is 23.4 Å². The molecule has 0 saturated carbocycles. The summed E-state index contributed by atoms with van der Waals surface area (Å²) in [5.74, 6) is -1.76. The number of benzene rings is 1. The van der Waals surface area contributed by atoms with Crippen LogP contribution in [0, 0.1) is 26.1 Å². The van der Waals surface area contributed by atoms with Crippen LogP contribution in [0.25, 0.3) is 0 Å². The first-order chi connectivity index (χ1) is 13.1. The number of hydrogen-bond acceptors (Lipinski definition) is 7. The summed E-state index contributed by atoms with van der Waals surface area (Å²) in [5.41, 5.74) is 0.550. The number of unbranched alkanes of at least 4 members (excludes halogenated alkanes) is 2. The maximum absolute atomic E-state index is 11.3. The standard InChI is InChI=1S/C17H23N3O8/c1-12(11-18(23)24)9-14(17(21)22)6-4-2-3-5-13-7-8-15(19(25)26)10-16(13)20(27)28/h7-8,10,14,27-28H,1-6,9,11H2,(H,21,22)/p+1. The Kier molecular flexibility index (Phi) is 9.15. The first kappa shape index (κ1) is 23.1. The van der Waals surface area contributed by atoms with E-state index in [0.29, 0.717) is 37.7 Å². The number of rotatable bonds is 13. The van der Waals surface area contributed by atoms with Crippen molar-refractivity contribution in [2.45, 2.75) is 38.5 Å². The Balaban J connectivity index is 2.53. The molecular formula is C17H24N3O8+. The molecule has 0 radical (unpaired) electrons. The van der Waals surface area contributed by atoms with E-state index in [1.807, 2.05) is 0 Å². The number of nitrogens with one attached hydrogen (secondary N) is 1. The third-order valence-electron chi connectivity index (χ3n) is 4.28. The summed E-state index contributed by atoms with van der Waals surface area (Å²) in [6.07, 6.45) is 2.66. The summed E-state index contributed by atoms with van der Waals surface area (Å²) >= 11 is 0. The third kappa shape index (κ3) is 7.78. The summed E-state index contributed by atoms with van der Waals surface area (Å²) in [6, 6.07) is 3.83. The van der Waals surface area contributed by atoms with Crippen molar-refractivity contribution >= 4 is 17.3 Å². The molecule has 1 rings (SSSR count). The minimum atomic E-state index is -1.03. The van der Waals surface area contributed by atoms with Gasteiger partial charge in [0.25, 0.3) is 5.69 Å². The fraction of sp³-hybridized carbons (Fsp3) is 0.471. The first-order valence-electron chi connectivity index (χ1n) is 8.65. The molecule has 0 fully saturated rings. The van der Waals surface area contributed by atoms with Crippen LogP contribution in [0.15, 0.2) is 30.4 Å². The molecule has 28 heavy (non-hydrogen) atoms. The first-order valence-corrected chi connectivity index (χ1v) is 8.65. The fourth-order valence-electron chi connectivity index (χ4n) is 2.90. The SMILES string of the molecule is C=C(CC(CCCCCc1ccc([N+](=O)[O-])cc1[NH+](O)O)C(=O)O)C[N+](=O)[O-]. The van der Waals surface area contributed by atoms with E-state index >= 15 is 0 Å². The van der Waals surface area contributed by atoms with Crippen molar-refractivity contribution < 1.29 is 35.4 Å². The minimum absolute atomic E-state index is 0.00584. The van der Waals surface area contributed by atoms with Gasteiger partial charge in [0, 0.05) is 16.6 Å². The van der Waals surface area contributed by atoms with Gasteiger partial charge in [0.1, 0.15) is 0 Å². The summed E-state index contributed by atoms with van der Waals surface area (Å²) in [7, 11) is 0. The van der Waals surface area contributed by atoms with Gasteiger partial charge < -0.3 is 5.11 Å². The lowest BCUT2D eigenvalue weighted by Gasteiger charge is -2.12. The van der Waals surface area contributed by atoms with Gasteiger partial charge in [-0.05, 0) is 42.5 Å². The summed E-state index contributed by atoms with van der Waals surface area (Å²) in [6.45, 7) is 3.09. The smallest absolute Gasteiger partial charge is 0.306 e. The van der Waals surface area contributed by atoms with Crippen molar-refractivity contribution in [2.24, 2.45) is 5.92 Å². The molecule has 11 heteroatoms. The molecule has 0 aliphatic carbocycles. The van der Waals surface area contributed by atoms with Crippen molar-refractivity contribution in [3.05, 3.63) is 56.1 Å².